The van der Waals surface area contributed by atoms with Crippen molar-refractivity contribution in [3.05, 3.63) is 18.5 Å². The Morgan fingerprint density at radius 1 is 1.23 bits per heavy atom. The van der Waals surface area contributed by atoms with E-state index in [9.17, 15) is 0 Å². The molecule has 0 radical (unpaired) electrons. The normalized spacial score (nSPS) is 16.9. The summed E-state index contributed by atoms with van der Waals surface area (Å²) in [6, 6.07) is 1.84. The highest BCUT2D eigenvalue weighted by Crippen LogP contribution is 2.22. The van der Waals surface area contributed by atoms with Crippen molar-refractivity contribution in [2.45, 2.75) is 33.8 Å². The van der Waals surface area contributed by atoms with Gasteiger partial charge in [0.05, 0.1) is 12.6 Å². The van der Waals surface area contributed by atoms with Gasteiger partial charge >= 0.3 is 0 Å². The van der Waals surface area contributed by atoms with Crippen molar-refractivity contribution >= 4 is 35.9 Å². The first-order valence-corrected chi connectivity index (χ1v) is 9.03. The van der Waals surface area contributed by atoms with E-state index < -0.39 is 0 Å². The van der Waals surface area contributed by atoms with Gasteiger partial charge in [-0.1, -0.05) is 20.8 Å². The highest BCUT2D eigenvalue weighted by atomic mass is 127. The fourth-order valence-electron chi connectivity index (χ4n) is 2.87. The van der Waals surface area contributed by atoms with E-state index in [0.29, 0.717) is 6.54 Å². The molecule has 0 bridgehead atoms. The van der Waals surface area contributed by atoms with Crippen molar-refractivity contribution < 1.29 is 4.74 Å². The summed E-state index contributed by atoms with van der Waals surface area (Å²) in [5.74, 6) is 1.76. The number of hydrogen-bond acceptors (Lipinski definition) is 5. The average molecular weight is 476 g/mol. The van der Waals surface area contributed by atoms with E-state index in [1.807, 2.05) is 6.07 Å². The monoisotopic (exact) mass is 476 g/mol. The molecular formula is C18H33IN6O. The van der Waals surface area contributed by atoms with Crippen LogP contribution in [-0.4, -0.2) is 73.3 Å². The molecule has 0 amide bonds. The molecule has 1 aromatic rings. The van der Waals surface area contributed by atoms with E-state index >= 15 is 0 Å². The minimum Gasteiger partial charge on any atom is -0.379 e. The lowest BCUT2D eigenvalue weighted by atomic mass is 9.89. The third-order valence-electron chi connectivity index (χ3n) is 4.41. The van der Waals surface area contributed by atoms with Crippen LogP contribution in [0, 0.1) is 5.41 Å². The Bertz CT molecular complexity index is 540. The highest BCUT2D eigenvalue weighted by Gasteiger charge is 2.25. The second kappa shape index (κ2) is 10.9. The quantitative estimate of drug-likeness (QED) is 0.400. The van der Waals surface area contributed by atoms with E-state index in [4.69, 9.17) is 9.73 Å². The SMILES string of the molecule is CCNC(=NCC(OC)C(C)(C)C)N1CCN(c2ncccn2)CC1.I. The summed E-state index contributed by atoms with van der Waals surface area (Å²) >= 11 is 0. The van der Waals surface area contributed by atoms with E-state index in [-0.39, 0.29) is 35.5 Å². The predicted octanol–water partition coefficient (Wildman–Crippen LogP) is 2.24. The van der Waals surface area contributed by atoms with E-state index in [2.05, 4.69) is 52.8 Å². The molecule has 0 aliphatic carbocycles. The number of rotatable bonds is 5. The molecule has 1 saturated heterocycles. The van der Waals surface area contributed by atoms with E-state index in [1.165, 1.54) is 0 Å². The van der Waals surface area contributed by atoms with Gasteiger partial charge in [-0.3, -0.25) is 4.99 Å². The fourth-order valence-corrected chi connectivity index (χ4v) is 2.87. The molecule has 2 heterocycles. The summed E-state index contributed by atoms with van der Waals surface area (Å²) in [4.78, 5) is 18.0. The lowest BCUT2D eigenvalue weighted by Gasteiger charge is -2.37. The Balaban J connectivity index is 0.00000338. The molecule has 1 atom stereocenters. The number of nitrogens with zero attached hydrogens (tertiary/aromatic N) is 5. The minimum absolute atomic E-state index is 0. The first-order valence-electron chi connectivity index (χ1n) is 9.03. The number of piperazine rings is 1. The van der Waals surface area contributed by atoms with E-state index in [0.717, 1.165) is 44.6 Å². The van der Waals surface area contributed by atoms with Gasteiger partial charge in [0, 0.05) is 52.2 Å². The van der Waals surface area contributed by atoms with Gasteiger partial charge < -0.3 is 19.9 Å². The molecule has 148 valence electrons. The number of guanidine groups is 1. The van der Waals surface area contributed by atoms with Crippen LogP contribution in [0.3, 0.4) is 0 Å². The molecule has 1 aromatic heterocycles. The summed E-state index contributed by atoms with van der Waals surface area (Å²) in [7, 11) is 1.76. The third kappa shape index (κ3) is 6.53. The van der Waals surface area contributed by atoms with Gasteiger partial charge in [-0.15, -0.1) is 24.0 Å². The molecule has 1 aliphatic rings. The van der Waals surface area contributed by atoms with Crippen LogP contribution in [0.4, 0.5) is 5.95 Å². The van der Waals surface area contributed by atoms with Crippen molar-refractivity contribution in [2.24, 2.45) is 10.4 Å². The molecule has 2 rings (SSSR count). The topological polar surface area (TPSA) is 65.9 Å². The van der Waals surface area contributed by atoms with Gasteiger partial charge in [-0.25, -0.2) is 9.97 Å². The molecule has 1 aliphatic heterocycles. The van der Waals surface area contributed by atoms with Gasteiger partial charge in [0.15, 0.2) is 5.96 Å². The second-order valence-corrected chi connectivity index (χ2v) is 7.31. The zero-order chi connectivity index (χ0) is 18.3. The standard InChI is InChI=1S/C18H32N6O.HI/c1-6-19-16(22-14-15(25-5)18(2,3)4)23-10-12-24(13-11-23)17-20-8-7-9-21-17;/h7-9,15H,6,10-14H2,1-5H3,(H,19,22);1H. The number of methoxy groups -OCH3 is 1. The fraction of sp³-hybridized carbons (Fsp3) is 0.722. The van der Waals surface area contributed by atoms with Crippen LogP contribution in [0.2, 0.25) is 0 Å². The maximum absolute atomic E-state index is 5.63. The Kier molecular flexibility index (Phi) is 9.56. The number of hydrogen-bond donors (Lipinski definition) is 1. The first kappa shape index (κ1) is 22.9. The van der Waals surface area contributed by atoms with Gasteiger partial charge in [0.25, 0.3) is 0 Å². The number of ether oxygens (including phenoxy) is 1. The van der Waals surface area contributed by atoms with Gasteiger partial charge in [0.1, 0.15) is 0 Å². The zero-order valence-corrected chi connectivity index (χ0v) is 18.9. The van der Waals surface area contributed by atoms with Crippen molar-refractivity contribution in [1.29, 1.82) is 0 Å². The van der Waals surface area contributed by atoms with Crippen LogP contribution in [0.5, 0.6) is 0 Å². The van der Waals surface area contributed by atoms with Crippen LogP contribution in [-0.2, 0) is 4.74 Å². The van der Waals surface area contributed by atoms with Crippen LogP contribution >= 0.6 is 24.0 Å². The predicted molar refractivity (Wildman–Crippen MR) is 117 cm³/mol. The lowest BCUT2D eigenvalue weighted by Crippen LogP contribution is -2.53. The summed E-state index contributed by atoms with van der Waals surface area (Å²) in [5, 5.41) is 3.41. The van der Waals surface area contributed by atoms with Crippen molar-refractivity contribution in [1.82, 2.24) is 20.2 Å². The maximum Gasteiger partial charge on any atom is 0.225 e. The summed E-state index contributed by atoms with van der Waals surface area (Å²) < 4.78 is 5.63. The Morgan fingerprint density at radius 3 is 2.35 bits per heavy atom. The van der Waals surface area contributed by atoms with Crippen LogP contribution in [0.15, 0.2) is 23.5 Å². The van der Waals surface area contributed by atoms with Gasteiger partial charge in [0.2, 0.25) is 5.95 Å². The summed E-state index contributed by atoms with van der Waals surface area (Å²) in [6.45, 7) is 13.7. The number of aliphatic imine (C=N–C) groups is 1. The molecule has 26 heavy (non-hydrogen) atoms. The first-order chi connectivity index (χ1) is 12.0. The van der Waals surface area contributed by atoms with Crippen molar-refractivity contribution in [3.8, 4) is 0 Å². The summed E-state index contributed by atoms with van der Waals surface area (Å²) in [5.41, 5.74) is 0.0684. The van der Waals surface area contributed by atoms with Crippen LogP contribution in [0.1, 0.15) is 27.7 Å². The average Bonchev–Trinajstić information content (AvgIpc) is 2.61. The molecule has 1 unspecified atom stereocenters. The molecule has 1 fully saturated rings. The largest absolute Gasteiger partial charge is 0.379 e. The molecule has 0 spiro atoms. The Hall–Kier alpha value is -1.16. The molecule has 8 heteroatoms. The number of anilines is 1. The summed E-state index contributed by atoms with van der Waals surface area (Å²) in [6.07, 6.45) is 3.68. The second-order valence-electron chi connectivity index (χ2n) is 7.31. The van der Waals surface area contributed by atoms with Crippen LogP contribution < -0.4 is 10.2 Å². The van der Waals surface area contributed by atoms with E-state index in [1.54, 1.807) is 19.5 Å². The van der Waals surface area contributed by atoms with Crippen molar-refractivity contribution in [3.63, 3.8) is 0 Å². The molecule has 0 saturated carbocycles. The minimum atomic E-state index is 0. The molecular weight excluding hydrogens is 443 g/mol. The number of halogens is 1. The maximum atomic E-state index is 5.63. The van der Waals surface area contributed by atoms with Gasteiger partial charge in [-0.05, 0) is 18.4 Å². The third-order valence-corrected chi connectivity index (χ3v) is 4.41. The van der Waals surface area contributed by atoms with Gasteiger partial charge in [-0.2, -0.15) is 0 Å². The zero-order valence-electron chi connectivity index (χ0n) is 16.6. The van der Waals surface area contributed by atoms with Crippen LogP contribution in [0.25, 0.3) is 0 Å². The smallest absolute Gasteiger partial charge is 0.225 e. The Morgan fingerprint density at radius 2 is 1.85 bits per heavy atom. The number of aromatic nitrogens is 2. The highest BCUT2D eigenvalue weighted by molar-refractivity contribution is 14.0. The Labute approximate surface area is 174 Å². The number of nitrogens with one attached hydrogen (secondary N) is 1. The lowest BCUT2D eigenvalue weighted by molar-refractivity contribution is 0.0239. The molecule has 1 N–H and O–H groups in total. The molecule has 7 nitrogen and oxygen atoms in total. The van der Waals surface area contributed by atoms with Crippen molar-refractivity contribution in [2.75, 3.05) is 51.3 Å². The molecule has 0 aromatic carbocycles.